The third-order valence-electron chi connectivity index (χ3n) is 4.67. The first kappa shape index (κ1) is 17.4. The summed E-state index contributed by atoms with van der Waals surface area (Å²) >= 11 is 5.99. The van der Waals surface area contributed by atoms with Gasteiger partial charge < -0.3 is 4.90 Å². The van der Waals surface area contributed by atoms with Crippen molar-refractivity contribution < 1.29 is 0 Å². The van der Waals surface area contributed by atoms with Gasteiger partial charge in [-0.25, -0.2) is 0 Å². The van der Waals surface area contributed by atoms with Crippen LogP contribution in [-0.4, -0.2) is 12.6 Å². The van der Waals surface area contributed by atoms with Gasteiger partial charge in [-0.15, -0.1) is 0 Å². The minimum atomic E-state index is -0.297. The molecule has 0 amide bonds. The van der Waals surface area contributed by atoms with Gasteiger partial charge in [0.05, 0.1) is 5.54 Å². The lowest BCUT2D eigenvalue weighted by Gasteiger charge is -2.33. The summed E-state index contributed by atoms with van der Waals surface area (Å²) in [7, 11) is 2.06. The molecular weight excluding hydrogens is 326 g/mol. The Bertz CT molecular complexity index is 959. The highest BCUT2D eigenvalue weighted by molar-refractivity contribution is 6.30. The van der Waals surface area contributed by atoms with Crippen molar-refractivity contribution in [3.63, 3.8) is 0 Å². The summed E-state index contributed by atoms with van der Waals surface area (Å²) < 4.78 is 0. The smallest absolute Gasteiger partial charge is 0.0956 e. The predicted octanol–water partition coefficient (Wildman–Crippen LogP) is 6.07. The lowest BCUT2D eigenvalue weighted by Crippen LogP contribution is -2.39. The molecule has 3 aromatic rings. The van der Waals surface area contributed by atoms with Crippen LogP contribution < -0.4 is 4.90 Å². The molecule has 0 aliphatic rings. The number of aryl methyl sites for hydroxylation is 1. The molecule has 3 aromatic carbocycles. The van der Waals surface area contributed by atoms with Crippen molar-refractivity contribution in [2.24, 2.45) is 0 Å². The molecule has 0 aliphatic carbocycles. The molecule has 0 saturated carbocycles. The fraction of sp³-hybridized carbons (Fsp3) is 0.217. The number of hydrogen-bond donors (Lipinski definition) is 0. The largest absolute Gasteiger partial charge is 0.359 e. The normalized spacial score (nSPS) is 11.1. The number of nitrogens with zero attached hydrogens (tertiary/aromatic N) is 1. The van der Waals surface area contributed by atoms with Crippen LogP contribution in [0.15, 0.2) is 60.7 Å². The second kappa shape index (κ2) is 6.82. The number of rotatable bonds is 2. The molecule has 0 aliphatic heterocycles. The maximum atomic E-state index is 5.99. The molecule has 0 atom stereocenters. The third kappa shape index (κ3) is 3.81. The zero-order valence-corrected chi connectivity index (χ0v) is 15.9. The van der Waals surface area contributed by atoms with Crippen molar-refractivity contribution in [2.75, 3.05) is 11.9 Å². The number of anilines is 1. The molecule has 0 N–H and O–H groups in total. The number of halogens is 1. The van der Waals surface area contributed by atoms with Gasteiger partial charge in [0.25, 0.3) is 0 Å². The minimum Gasteiger partial charge on any atom is -0.359 e. The predicted molar refractivity (Wildman–Crippen MR) is 109 cm³/mol. The second-order valence-corrected chi connectivity index (χ2v) is 7.29. The molecule has 25 heavy (non-hydrogen) atoms. The van der Waals surface area contributed by atoms with Crippen LogP contribution in [0, 0.1) is 18.8 Å². The fourth-order valence-electron chi connectivity index (χ4n) is 2.80. The summed E-state index contributed by atoms with van der Waals surface area (Å²) in [6.07, 6.45) is 0. The fourth-order valence-corrected chi connectivity index (χ4v) is 2.93. The van der Waals surface area contributed by atoms with E-state index in [1.807, 2.05) is 24.3 Å². The number of fused-ring (bicyclic) bond motifs is 1. The van der Waals surface area contributed by atoms with E-state index in [0.29, 0.717) is 0 Å². The van der Waals surface area contributed by atoms with Gasteiger partial charge in [-0.3, -0.25) is 0 Å². The Balaban J connectivity index is 1.91. The van der Waals surface area contributed by atoms with Crippen molar-refractivity contribution >= 4 is 28.1 Å². The highest BCUT2D eigenvalue weighted by Gasteiger charge is 2.21. The number of hydrogen-bond acceptors (Lipinski definition) is 1. The Morgan fingerprint density at radius 2 is 1.68 bits per heavy atom. The van der Waals surface area contributed by atoms with Crippen LogP contribution in [0.25, 0.3) is 10.8 Å². The molecule has 0 radical (unpaired) electrons. The molecule has 0 saturated heterocycles. The summed E-state index contributed by atoms with van der Waals surface area (Å²) in [6.45, 7) is 6.39. The lowest BCUT2D eigenvalue weighted by atomic mass is 10.0. The Morgan fingerprint density at radius 3 is 2.40 bits per heavy atom. The monoisotopic (exact) mass is 347 g/mol. The van der Waals surface area contributed by atoms with Crippen LogP contribution in [0.5, 0.6) is 0 Å². The van der Waals surface area contributed by atoms with Crippen LogP contribution in [0.2, 0.25) is 5.02 Å². The summed E-state index contributed by atoms with van der Waals surface area (Å²) in [5, 5.41) is 3.26. The highest BCUT2D eigenvalue weighted by atomic mass is 35.5. The van der Waals surface area contributed by atoms with Gasteiger partial charge in [-0.1, -0.05) is 47.7 Å². The molecule has 0 spiro atoms. The van der Waals surface area contributed by atoms with Crippen molar-refractivity contribution in [3.8, 4) is 11.8 Å². The van der Waals surface area contributed by atoms with E-state index in [4.69, 9.17) is 11.6 Å². The molecular formula is C23H22ClN. The van der Waals surface area contributed by atoms with Gasteiger partial charge in [0, 0.05) is 23.3 Å². The third-order valence-corrected chi connectivity index (χ3v) is 4.92. The van der Waals surface area contributed by atoms with E-state index in [1.54, 1.807) is 0 Å². The van der Waals surface area contributed by atoms with Crippen LogP contribution >= 0.6 is 11.6 Å². The Hall–Kier alpha value is -2.43. The average Bonchev–Trinajstić information content (AvgIpc) is 2.60. The Kier molecular flexibility index (Phi) is 4.75. The van der Waals surface area contributed by atoms with Crippen molar-refractivity contribution in [1.29, 1.82) is 0 Å². The van der Waals surface area contributed by atoms with Crippen LogP contribution in [0.4, 0.5) is 5.69 Å². The van der Waals surface area contributed by atoms with Gasteiger partial charge in [-0.05, 0) is 73.5 Å². The van der Waals surface area contributed by atoms with E-state index in [0.717, 1.165) is 16.3 Å². The van der Waals surface area contributed by atoms with E-state index in [2.05, 4.69) is 81.0 Å². The van der Waals surface area contributed by atoms with Crippen molar-refractivity contribution in [1.82, 2.24) is 0 Å². The maximum Gasteiger partial charge on any atom is 0.0956 e. The topological polar surface area (TPSA) is 3.24 Å². The van der Waals surface area contributed by atoms with Gasteiger partial charge in [0.2, 0.25) is 0 Å². The summed E-state index contributed by atoms with van der Waals surface area (Å²) in [6, 6.07) is 20.6. The van der Waals surface area contributed by atoms with Crippen LogP contribution in [0.1, 0.15) is 25.0 Å². The first-order valence-electron chi connectivity index (χ1n) is 8.39. The summed E-state index contributed by atoms with van der Waals surface area (Å²) in [5.41, 5.74) is 3.12. The van der Waals surface area contributed by atoms with Crippen molar-refractivity contribution in [3.05, 3.63) is 76.8 Å². The Morgan fingerprint density at radius 1 is 0.960 bits per heavy atom. The molecule has 0 unspecified atom stereocenters. The van der Waals surface area contributed by atoms with Crippen molar-refractivity contribution in [2.45, 2.75) is 26.3 Å². The molecule has 126 valence electrons. The molecule has 0 heterocycles. The van der Waals surface area contributed by atoms with E-state index in [-0.39, 0.29) is 5.54 Å². The summed E-state index contributed by atoms with van der Waals surface area (Å²) in [4.78, 5) is 2.17. The quantitative estimate of drug-likeness (QED) is 0.508. The minimum absolute atomic E-state index is 0.297. The molecule has 3 rings (SSSR count). The lowest BCUT2D eigenvalue weighted by molar-refractivity contribution is 0.625. The first-order chi connectivity index (χ1) is 11.9. The van der Waals surface area contributed by atoms with Gasteiger partial charge in [0.15, 0.2) is 0 Å². The first-order valence-corrected chi connectivity index (χ1v) is 8.76. The highest BCUT2D eigenvalue weighted by Crippen LogP contribution is 2.24. The maximum absolute atomic E-state index is 5.99. The van der Waals surface area contributed by atoms with Gasteiger partial charge in [-0.2, -0.15) is 0 Å². The molecule has 2 heteroatoms. The number of benzene rings is 3. The van der Waals surface area contributed by atoms with Crippen LogP contribution in [-0.2, 0) is 0 Å². The standard InChI is InChI=1S/C23H22ClN/c1-17-6-5-7-19-9-8-18(16-22(17)19)14-15-23(2,3)25(4)21-12-10-20(24)11-13-21/h5-13,16H,1-4H3. The van der Waals surface area contributed by atoms with Gasteiger partial charge in [0.1, 0.15) is 0 Å². The molecule has 0 fully saturated rings. The van der Waals surface area contributed by atoms with E-state index in [1.165, 1.54) is 16.3 Å². The molecule has 1 nitrogen and oxygen atoms in total. The second-order valence-electron chi connectivity index (χ2n) is 6.86. The van der Waals surface area contributed by atoms with E-state index >= 15 is 0 Å². The molecule has 0 aromatic heterocycles. The van der Waals surface area contributed by atoms with E-state index < -0.39 is 0 Å². The summed E-state index contributed by atoms with van der Waals surface area (Å²) in [5.74, 6) is 6.76. The molecule has 0 bridgehead atoms. The van der Waals surface area contributed by atoms with Crippen LogP contribution in [0.3, 0.4) is 0 Å². The van der Waals surface area contributed by atoms with E-state index in [9.17, 15) is 0 Å². The average molecular weight is 348 g/mol. The SMILES string of the molecule is Cc1cccc2ccc(C#CC(C)(C)N(C)c3ccc(Cl)cc3)cc12. The zero-order chi connectivity index (χ0) is 18.0. The Labute approximate surface area is 155 Å². The zero-order valence-electron chi connectivity index (χ0n) is 15.1. The van der Waals surface area contributed by atoms with Gasteiger partial charge >= 0.3 is 0 Å².